The molecule has 1 N–H and O–H groups in total. The minimum atomic E-state index is -0.290. The van der Waals surface area contributed by atoms with Crippen molar-refractivity contribution < 1.29 is 9.53 Å². The van der Waals surface area contributed by atoms with Crippen LogP contribution < -0.4 is 5.32 Å². The van der Waals surface area contributed by atoms with E-state index < -0.39 is 0 Å². The summed E-state index contributed by atoms with van der Waals surface area (Å²) in [7, 11) is 0. The second-order valence-corrected chi connectivity index (χ2v) is 8.34. The van der Waals surface area contributed by atoms with Crippen molar-refractivity contribution in [3.63, 3.8) is 0 Å². The van der Waals surface area contributed by atoms with Gasteiger partial charge in [-0.15, -0.1) is 0 Å². The molecule has 3 aromatic rings. The summed E-state index contributed by atoms with van der Waals surface area (Å²) in [5.74, 6) is -0.290. The van der Waals surface area contributed by atoms with E-state index in [0.29, 0.717) is 11.7 Å². The number of carbonyl (C=O) groups excluding carboxylic acids is 1. The molecule has 0 amide bonds. The van der Waals surface area contributed by atoms with Crippen molar-refractivity contribution in [2.24, 2.45) is 0 Å². The molecule has 4 rings (SSSR count). The van der Waals surface area contributed by atoms with E-state index >= 15 is 0 Å². The third kappa shape index (κ3) is 4.39. The lowest BCUT2D eigenvalue weighted by Gasteiger charge is -2.27. The van der Waals surface area contributed by atoms with Gasteiger partial charge in [0.1, 0.15) is 6.54 Å². The topological polar surface area (TPSA) is 59.4 Å². The van der Waals surface area contributed by atoms with E-state index in [1.807, 2.05) is 36.1 Å². The zero-order valence-electron chi connectivity index (χ0n) is 18.6. The van der Waals surface area contributed by atoms with Gasteiger partial charge in [0.05, 0.1) is 24.4 Å². The van der Waals surface area contributed by atoms with Crippen molar-refractivity contribution in [1.29, 1.82) is 0 Å². The zero-order valence-corrected chi connectivity index (χ0v) is 19.4. The fourth-order valence-electron chi connectivity index (χ4n) is 4.40. The lowest BCUT2D eigenvalue weighted by atomic mass is 9.97. The molecule has 1 saturated heterocycles. The highest BCUT2D eigenvalue weighted by atomic mass is 32.1. The van der Waals surface area contributed by atoms with Crippen LogP contribution in [0.3, 0.4) is 0 Å². The molecule has 1 fully saturated rings. The van der Waals surface area contributed by atoms with Gasteiger partial charge in [-0.3, -0.25) is 9.78 Å². The van der Waals surface area contributed by atoms with Crippen molar-refractivity contribution in [3.05, 3.63) is 89.0 Å². The number of nitrogens with one attached hydrogen (secondary N) is 1. The molecule has 6 nitrogen and oxygen atoms in total. The van der Waals surface area contributed by atoms with Gasteiger partial charge in [-0.05, 0) is 62.3 Å². The summed E-state index contributed by atoms with van der Waals surface area (Å²) in [5.41, 5.74) is 5.57. The highest BCUT2D eigenvalue weighted by Crippen LogP contribution is 2.40. The van der Waals surface area contributed by atoms with Gasteiger partial charge >= 0.3 is 5.97 Å². The molecule has 32 heavy (non-hydrogen) atoms. The average Bonchev–Trinajstić information content (AvgIpc) is 3.26. The first kappa shape index (κ1) is 22.0. The Kier molecular flexibility index (Phi) is 6.55. The van der Waals surface area contributed by atoms with Crippen LogP contribution in [0.4, 0.5) is 0 Å². The van der Waals surface area contributed by atoms with Crippen molar-refractivity contribution in [1.82, 2.24) is 19.8 Å². The number of aryl methyl sites for hydroxylation is 1. The van der Waals surface area contributed by atoms with Gasteiger partial charge in [-0.1, -0.05) is 36.4 Å². The molecule has 0 saturated carbocycles. The van der Waals surface area contributed by atoms with Crippen LogP contribution >= 0.6 is 12.2 Å². The van der Waals surface area contributed by atoms with E-state index in [4.69, 9.17) is 17.0 Å². The molecule has 7 heteroatoms. The molecule has 166 valence electrons. The Labute approximate surface area is 194 Å². The summed E-state index contributed by atoms with van der Waals surface area (Å²) in [4.78, 5) is 18.9. The van der Waals surface area contributed by atoms with Crippen LogP contribution in [0.25, 0.3) is 0 Å². The minimum Gasteiger partial charge on any atom is -0.465 e. The number of pyridine rings is 1. The number of hydrogen-bond acceptors (Lipinski definition) is 4. The molecule has 3 heterocycles. The maximum absolute atomic E-state index is 12.4. The molecule has 0 bridgehead atoms. The van der Waals surface area contributed by atoms with E-state index in [0.717, 1.165) is 29.2 Å². The second-order valence-electron chi connectivity index (χ2n) is 7.96. The fourth-order valence-corrected chi connectivity index (χ4v) is 4.70. The van der Waals surface area contributed by atoms with Crippen LogP contribution in [0.2, 0.25) is 0 Å². The van der Waals surface area contributed by atoms with Crippen LogP contribution in [0.5, 0.6) is 0 Å². The summed E-state index contributed by atoms with van der Waals surface area (Å²) < 4.78 is 7.54. The fraction of sp³-hybridized carbons (Fsp3) is 0.320. The molecular weight excluding hydrogens is 420 g/mol. The number of carbonyl (C=O) groups is 1. The first-order valence-electron chi connectivity index (χ1n) is 10.8. The molecule has 0 radical (unpaired) electrons. The van der Waals surface area contributed by atoms with Crippen LogP contribution in [0.15, 0.2) is 60.8 Å². The second kappa shape index (κ2) is 9.53. The predicted molar refractivity (Wildman–Crippen MR) is 128 cm³/mol. The van der Waals surface area contributed by atoms with Crippen LogP contribution in [0, 0.1) is 13.8 Å². The molecule has 0 unspecified atom stereocenters. The number of rotatable bonds is 7. The minimum absolute atomic E-state index is 0.0933. The molecule has 2 atom stereocenters. The van der Waals surface area contributed by atoms with E-state index in [1.54, 1.807) is 6.20 Å². The Morgan fingerprint density at radius 2 is 1.91 bits per heavy atom. The van der Waals surface area contributed by atoms with Crippen molar-refractivity contribution in [3.8, 4) is 0 Å². The summed E-state index contributed by atoms with van der Waals surface area (Å²) >= 11 is 5.66. The quantitative estimate of drug-likeness (QED) is 0.434. The molecule has 0 spiro atoms. The Balaban J connectivity index is 1.74. The number of thiocarbonyl (C=S) groups is 1. The highest BCUT2D eigenvalue weighted by Gasteiger charge is 2.42. The predicted octanol–water partition coefficient (Wildman–Crippen LogP) is 4.08. The van der Waals surface area contributed by atoms with Gasteiger partial charge in [0.25, 0.3) is 0 Å². The third-order valence-corrected chi connectivity index (χ3v) is 6.27. The standard InChI is InChI=1S/C25H28N4O2S/c1-4-31-22(30)16-29-24(23(27-25(29)32)21-12-8-9-13-26-21)20-14-17(2)28(18(20)3)15-19-10-6-5-7-11-19/h5-14,23-24H,4,15-16H2,1-3H3,(H,27,32)/t23-,24-/m1/s1. The summed E-state index contributed by atoms with van der Waals surface area (Å²) in [6.07, 6.45) is 1.78. The number of aromatic nitrogens is 2. The van der Waals surface area contributed by atoms with Crippen molar-refractivity contribution in [2.75, 3.05) is 13.2 Å². The SMILES string of the molecule is CCOC(=O)CN1C(=S)N[C@H](c2ccccn2)[C@H]1c1cc(C)n(Cc2ccccc2)c1C. The van der Waals surface area contributed by atoms with Gasteiger partial charge in [0.15, 0.2) is 5.11 Å². The molecular formula is C25H28N4O2S. The third-order valence-electron chi connectivity index (χ3n) is 5.92. The summed E-state index contributed by atoms with van der Waals surface area (Å²) in [6.45, 7) is 7.28. The maximum atomic E-state index is 12.4. The number of hydrogen-bond donors (Lipinski definition) is 1. The Hall–Kier alpha value is -3.19. The highest BCUT2D eigenvalue weighted by molar-refractivity contribution is 7.80. The monoisotopic (exact) mass is 448 g/mol. The summed E-state index contributed by atoms with van der Waals surface area (Å²) in [6, 6.07) is 18.1. The maximum Gasteiger partial charge on any atom is 0.325 e. The van der Waals surface area contributed by atoms with Crippen LogP contribution in [0.1, 0.15) is 47.2 Å². The van der Waals surface area contributed by atoms with Crippen molar-refractivity contribution in [2.45, 2.75) is 39.4 Å². The van der Waals surface area contributed by atoms with Gasteiger partial charge < -0.3 is 19.5 Å². The van der Waals surface area contributed by atoms with E-state index in [1.165, 1.54) is 5.56 Å². The largest absolute Gasteiger partial charge is 0.465 e. The molecule has 1 aromatic carbocycles. The molecule has 2 aromatic heterocycles. The first-order chi connectivity index (χ1) is 15.5. The van der Waals surface area contributed by atoms with E-state index in [9.17, 15) is 4.79 Å². The Morgan fingerprint density at radius 1 is 1.16 bits per heavy atom. The van der Waals surface area contributed by atoms with Gasteiger partial charge in [-0.2, -0.15) is 0 Å². The van der Waals surface area contributed by atoms with Crippen LogP contribution in [-0.2, 0) is 16.1 Å². The van der Waals surface area contributed by atoms with Crippen LogP contribution in [-0.4, -0.2) is 38.7 Å². The summed E-state index contributed by atoms with van der Waals surface area (Å²) in [5, 5.41) is 3.93. The average molecular weight is 449 g/mol. The number of esters is 1. The molecule has 1 aliphatic heterocycles. The number of ether oxygens (including phenoxy) is 1. The first-order valence-corrected chi connectivity index (χ1v) is 11.2. The normalized spacial score (nSPS) is 18.0. The number of nitrogens with zero attached hydrogens (tertiary/aromatic N) is 3. The number of benzene rings is 1. The van der Waals surface area contributed by atoms with Crippen molar-refractivity contribution >= 4 is 23.3 Å². The van der Waals surface area contributed by atoms with Gasteiger partial charge in [0, 0.05) is 24.1 Å². The Bertz CT molecular complexity index is 1100. The molecule has 0 aliphatic carbocycles. The molecule has 1 aliphatic rings. The van der Waals surface area contributed by atoms with E-state index in [2.05, 4.69) is 59.0 Å². The van der Waals surface area contributed by atoms with E-state index in [-0.39, 0.29) is 24.6 Å². The lowest BCUT2D eigenvalue weighted by Crippen LogP contribution is -2.35. The smallest absolute Gasteiger partial charge is 0.325 e. The van der Waals surface area contributed by atoms with Gasteiger partial charge in [0.2, 0.25) is 0 Å². The Morgan fingerprint density at radius 3 is 2.59 bits per heavy atom. The zero-order chi connectivity index (χ0) is 22.7. The van der Waals surface area contributed by atoms with Gasteiger partial charge in [-0.25, -0.2) is 0 Å². The lowest BCUT2D eigenvalue weighted by molar-refractivity contribution is -0.143.